The number of aromatic nitrogens is 4. The number of nitrogens with two attached hydrogens (primary N) is 1. The second-order valence-corrected chi connectivity index (χ2v) is 7.88. The van der Waals surface area contributed by atoms with Crippen molar-refractivity contribution in [2.24, 2.45) is 0 Å². The van der Waals surface area contributed by atoms with Crippen LogP contribution in [0.4, 0.5) is 24.8 Å². The van der Waals surface area contributed by atoms with E-state index in [9.17, 15) is 22.8 Å². The second-order valence-electron chi connectivity index (χ2n) is 7.88. The summed E-state index contributed by atoms with van der Waals surface area (Å²) in [4.78, 5) is 37.1. The zero-order valence-corrected chi connectivity index (χ0v) is 19.6. The number of carbonyl (C=O) groups excluding carboxylic acids is 2. The molecule has 188 valence electrons. The van der Waals surface area contributed by atoms with E-state index in [0.29, 0.717) is 22.6 Å². The number of nitrogens with zero attached hydrogens (tertiary/aromatic N) is 4. The van der Waals surface area contributed by atoms with E-state index in [2.05, 4.69) is 37.4 Å². The molecular weight excluding hydrogens is 487 g/mol. The minimum absolute atomic E-state index is 0.191. The van der Waals surface area contributed by atoms with Crippen molar-refractivity contribution >= 4 is 29.0 Å². The highest BCUT2D eigenvalue weighted by Gasteiger charge is 2.31. The molecule has 0 fully saturated rings. The number of hydrogen-bond acceptors (Lipinski definition) is 6. The Balaban J connectivity index is 1.63. The van der Waals surface area contributed by atoms with Gasteiger partial charge in [-0.1, -0.05) is 18.1 Å². The van der Waals surface area contributed by atoms with Crippen LogP contribution in [0.15, 0.2) is 55.0 Å². The summed E-state index contributed by atoms with van der Waals surface area (Å²) < 4.78 is 40.5. The molecule has 0 saturated heterocycles. The van der Waals surface area contributed by atoms with Crippen LogP contribution in [0.3, 0.4) is 0 Å². The Bertz CT molecular complexity index is 1550. The van der Waals surface area contributed by atoms with Crippen molar-refractivity contribution in [3.63, 3.8) is 0 Å². The minimum atomic E-state index is -4.56. The van der Waals surface area contributed by atoms with Crippen molar-refractivity contribution in [3.8, 4) is 23.1 Å². The molecule has 3 aromatic heterocycles. The summed E-state index contributed by atoms with van der Waals surface area (Å²) in [5.41, 5.74) is 6.97. The van der Waals surface area contributed by atoms with Crippen molar-refractivity contribution in [1.82, 2.24) is 24.7 Å². The van der Waals surface area contributed by atoms with Crippen LogP contribution in [0.5, 0.6) is 0 Å². The molecule has 0 aliphatic rings. The second kappa shape index (κ2) is 9.98. The maximum absolute atomic E-state index is 12.9. The molecule has 12 heteroatoms. The number of fused-ring (bicyclic) bond motifs is 1. The highest BCUT2D eigenvalue weighted by molar-refractivity contribution is 6.04. The molecule has 4 rings (SSSR count). The summed E-state index contributed by atoms with van der Waals surface area (Å²) in [7, 11) is 0. The molecule has 0 aliphatic carbocycles. The first kappa shape index (κ1) is 25.2. The monoisotopic (exact) mass is 507 g/mol. The Labute approximate surface area is 209 Å². The number of anilines is 2. The molecule has 0 bridgehead atoms. The van der Waals surface area contributed by atoms with E-state index in [1.165, 1.54) is 18.3 Å². The van der Waals surface area contributed by atoms with Crippen molar-refractivity contribution in [2.45, 2.75) is 26.1 Å². The van der Waals surface area contributed by atoms with Gasteiger partial charge in [0.25, 0.3) is 11.8 Å². The van der Waals surface area contributed by atoms with E-state index < -0.39 is 29.6 Å². The summed E-state index contributed by atoms with van der Waals surface area (Å²) >= 11 is 0. The highest BCUT2D eigenvalue weighted by Crippen LogP contribution is 2.31. The number of pyridine rings is 1. The minimum Gasteiger partial charge on any atom is -0.382 e. The lowest BCUT2D eigenvalue weighted by Crippen LogP contribution is -2.26. The summed E-state index contributed by atoms with van der Waals surface area (Å²) in [5.74, 6) is 4.33. The molecule has 4 N–H and O–H groups in total. The summed E-state index contributed by atoms with van der Waals surface area (Å²) in [6.45, 7) is 3.30. The van der Waals surface area contributed by atoms with Gasteiger partial charge in [-0.25, -0.2) is 15.0 Å². The first-order valence-electron chi connectivity index (χ1n) is 10.9. The van der Waals surface area contributed by atoms with Gasteiger partial charge in [0, 0.05) is 29.7 Å². The number of nitrogen functional groups attached to an aromatic ring is 1. The van der Waals surface area contributed by atoms with Crippen LogP contribution < -0.4 is 16.4 Å². The lowest BCUT2D eigenvalue weighted by atomic mass is 10.1. The van der Waals surface area contributed by atoms with E-state index in [0.717, 1.165) is 18.3 Å². The molecule has 9 nitrogen and oxygen atoms in total. The Kier molecular flexibility index (Phi) is 6.79. The third kappa shape index (κ3) is 5.35. The third-order valence-corrected chi connectivity index (χ3v) is 5.33. The maximum Gasteiger partial charge on any atom is 0.416 e. The predicted octanol–water partition coefficient (Wildman–Crippen LogP) is 3.85. The molecule has 2 amide bonds. The van der Waals surface area contributed by atoms with Crippen LogP contribution >= 0.6 is 0 Å². The van der Waals surface area contributed by atoms with E-state index in [1.807, 2.05) is 0 Å². The average molecular weight is 507 g/mol. The summed E-state index contributed by atoms with van der Waals surface area (Å²) in [6, 6.07) is 7.30. The van der Waals surface area contributed by atoms with Gasteiger partial charge < -0.3 is 16.4 Å². The van der Waals surface area contributed by atoms with Crippen LogP contribution in [0, 0.1) is 11.8 Å². The molecule has 0 spiro atoms. The standard InChI is InChI=1S/C25H20F3N7O2/c1-3-4-19(36)32-14(2)23-34-20(21-22(29)31-11-12-35(21)23)15-5-7-16(8-6-15)24(37)33-18-13-17(9-10-30-18)25(26,27)28/h5-14H,1-2H3,(H2,29,31)(H,32,36)(H,30,33,37)/t14-/m0/s1. The van der Waals surface area contributed by atoms with Gasteiger partial charge in [0.05, 0.1) is 11.6 Å². The maximum atomic E-state index is 12.9. The zero-order valence-electron chi connectivity index (χ0n) is 19.6. The lowest BCUT2D eigenvalue weighted by molar-refractivity contribution is -0.137. The van der Waals surface area contributed by atoms with Crippen LogP contribution in [0.1, 0.15) is 41.6 Å². The smallest absolute Gasteiger partial charge is 0.382 e. The number of alkyl halides is 3. The number of imidazole rings is 1. The fraction of sp³-hybridized carbons (Fsp3) is 0.160. The molecule has 4 aromatic rings. The van der Waals surface area contributed by atoms with Gasteiger partial charge in [-0.2, -0.15) is 13.2 Å². The molecule has 1 aromatic carbocycles. The van der Waals surface area contributed by atoms with E-state index >= 15 is 0 Å². The third-order valence-electron chi connectivity index (χ3n) is 5.33. The number of hydrogen-bond donors (Lipinski definition) is 3. The van der Waals surface area contributed by atoms with Crippen LogP contribution in [0.2, 0.25) is 0 Å². The van der Waals surface area contributed by atoms with Crippen LogP contribution in [-0.2, 0) is 11.0 Å². The van der Waals surface area contributed by atoms with Gasteiger partial charge in [0.15, 0.2) is 0 Å². The first-order chi connectivity index (χ1) is 17.6. The summed E-state index contributed by atoms with van der Waals surface area (Å²) in [5, 5.41) is 5.11. The van der Waals surface area contributed by atoms with Crippen molar-refractivity contribution in [3.05, 3.63) is 71.9 Å². The van der Waals surface area contributed by atoms with Gasteiger partial charge in [-0.15, -0.1) is 0 Å². The molecule has 0 saturated carbocycles. The zero-order chi connectivity index (χ0) is 26.7. The Hall–Kier alpha value is -4.92. The highest BCUT2D eigenvalue weighted by atomic mass is 19.4. The quantitative estimate of drug-likeness (QED) is 0.352. The summed E-state index contributed by atoms with van der Waals surface area (Å²) in [6.07, 6.45) is -0.418. The molecular formula is C25H20F3N7O2. The van der Waals surface area contributed by atoms with Gasteiger partial charge in [0.1, 0.15) is 28.7 Å². The number of benzene rings is 1. The largest absolute Gasteiger partial charge is 0.416 e. The van der Waals surface area contributed by atoms with E-state index in [-0.39, 0.29) is 17.2 Å². The average Bonchev–Trinajstić information content (AvgIpc) is 3.25. The molecule has 37 heavy (non-hydrogen) atoms. The Morgan fingerprint density at radius 3 is 2.51 bits per heavy atom. The van der Waals surface area contributed by atoms with Crippen molar-refractivity contribution < 1.29 is 22.8 Å². The SMILES string of the molecule is CC#CC(=O)N[C@@H](C)c1nc(-c2ccc(C(=O)Nc3cc(C(F)(F)F)ccn3)cc2)c2c(N)nccn12. The van der Waals surface area contributed by atoms with Gasteiger partial charge in [0.2, 0.25) is 0 Å². The lowest BCUT2D eigenvalue weighted by Gasteiger charge is -2.10. The van der Waals surface area contributed by atoms with Gasteiger partial charge in [-0.3, -0.25) is 14.0 Å². The van der Waals surface area contributed by atoms with E-state index in [1.54, 1.807) is 36.6 Å². The first-order valence-corrected chi connectivity index (χ1v) is 10.9. The number of nitrogens with one attached hydrogen (secondary N) is 2. The van der Waals surface area contributed by atoms with E-state index in [4.69, 9.17) is 5.73 Å². The number of amides is 2. The van der Waals surface area contributed by atoms with Crippen molar-refractivity contribution in [1.29, 1.82) is 0 Å². The molecule has 0 unspecified atom stereocenters. The molecule has 0 radical (unpaired) electrons. The predicted molar refractivity (Wildman–Crippen MR) is 130 cm³/mol. The number of rotatable bonds is 5. The molecule has 1 atom stereocenters. The van der Waals surface area contributed by atoms with Crippen LogP contribution in [-0.4, -0.2) is 31.2 Å². The fourth-order valence-corrected chi connectivity index (χ4v) is 3.65. The molecule has 3 heterocycles. The Morgan fingerprint density at radius 1 is 1.11 bits per heavy atom. The van der Waals surface area contributed by atoms with Gasteiger partial charge >= 0.3 is 6.18 Å². The van der Waals surface area contributed by atoms with Crippen molar-refractivity contribution in [2.75, 3.05) is 11.1 Å². The number of halogens is 3. The Morgan fingerprint density at radius 2 is 1.84 bits per heavy atom. The number of carbonyl (C=O) groups is 2. The fourth-order valence-electron chi connectivity index (χ4n) is 3.65. The topological polar surface area (TPSA) is 127 Å². The van der Waals surface area contributed by atoms with Crippen LogP contribution in [0.25, 0.3) is 16.8 Å². The normalized spacial score (nSPS) is 11.9. The van der Waals surface area contributed by atoms with Gasteiger partial charge in [-0.05, 0) is 44.0 Å². The molecule has 0 aliphatic heterocycles.